The van der Waals surface area contributed by atoms with Gasteiger partial charge in [-0.3, -0.25) is 23.7 Å². The lowest BCUT2D eigenvalue weighted by molar-refractivity contribution is -0.158. The second-order valence-electron chi connectivity index (χ2n) is 10.3. The highest BCUT2D eigenvalue weighted by Crippen LogP contribution is 2.46. The second kappa shape index (κ2) is 10.3. The number of aryl methyl sites for hydroxylation is 1. The molecule has 1 N–H and O–H groups in total. The van der Waals surface area contributed by atoms with Crippen molar-refractivity contribution in [2.75, 3.05) is 33.4 Å². The van der Waals surface area contributed by atoms with Gasteiger partial charge in [0.2, 0.25) is 5.75 Å². The molecule has 4 heterocycles. The summed E-state index contributed by atoms with van der Waals surface area (Å²) in [5.74, 6) is -2.58. The first-order valence-corrected chi connectivity index (χ1v) is 13.0. The number of carbonyl (C=O) groups is 3. The molecule has 1 aliphatic carbocycles. The molecule has 1 saturated heterocycles. The lowest BCUT2D eigenvalue weighted by Crippen LogP contribution is -2.56. The topological polar surface area (TPSA) is 122 Å². The molecule has 4 aliphatic rings. The van der Waals surface area contributed by atoms with Crippen LogP contribution >= 0.6 is 0 Å². The maximum Gasteiger partial charge on any atom is 0.312 e. The van der Waals surface area contributed by atoms with Crippen LogP contribution in [0.15, 0.2) is 29.1 Å². The third kappa shape index (κ3) is 4.59. The summed E-state index contributed by atoms with van der Waals surface area (Å²) in [6.07, 6.45) is 2.61. The number of morpholine rings is 1. The number of amides is 2. The molecule has 1 saturated carbocycles. The minimum atomic E-state index is -1.06. The summed E-state index contributed by atoms with van der Waals surface area (Å²) < 4.78 is 19.9. The van der Waals surface area contributed by atoms with Crippen LogP contribution in [-0.4, -0.2) is 75.4 Å². The highest BCUT2D eigenvalue weighted by molar-refractivity contribution is 6.35. The number of fused-ring (bicyclic) bond motifs is 2. The fourth-order valence-corrected chi connectivity index (χ4v) is 5.84. The van der Waals surface area contributed by atoms with Gasteiger partial charge in [0, 0.05) is 33.1 Å². The Morgan fingerprint density at radius 3 is 2.47 bits per heavy atom. The third-order valence-corrected chi connectivity index (χ3v) is 8.18. The van der Waals surface area contributed by atoms with E-state index in [4.69, 9.17) is 4.74 Å². The van der Waals surface area contributed by atoms with E-state index in [-0.39, 0.29) is 36.1 Å². The maximum atomic E-state index is 13.4. The summed E-state index contributed by atoms with van der Waals surface area (Å²) in [5.41, 5.74) is -1.40. The van der Waals surface area contributed by atoms with Crippen molar-refractivity contribution in [3.8, 4) is 5.75 Å². The van der Waals surface area contributed by atoms with Crippen LogP contribution in [0, 0.1) is 11.7 Å². The Labute approximate surface area is 219 Å². The predicted octanol–water partition coefficient (Wildman–Crippen LogP) is 1.62. The number of aromatic hydroxyl groups is 1. The zero-order chi connectivity index (χ0) is 27.0. The summed E-state index contributed by atoms with van der Waals surface area (Å²) in [4.78, 5) is 60.4. The Morgan fingerprint density at radius 1 is 1.16 bits per heavy atom. The number of nitrogens with zero attached hydrogens (tertiary/aromatic N) is 4. The fraction of sp³-hybridized carbons (Fsp3) is 0.519. The summed E-state index contributed by atoms with van der Waals surface area (Å²) in [7, 11) is 1.55. The fourth-order valence-electron chi connectivity index (χ4n) is 5.84. The van der Waals surface area contributed by atoms with Gasteiger partial charge in [0.25, 0.3) is 5.56 Å². The molecule has 0 atom stereocenters. The quantitative estimate of drug-likeness (QED) is 0.464. The number of ketones is 1. The van der Waals surface area contributed by atoms with Crippen molar-refractivity contribution in [3.63, 3.8) is 0 Å². The SMILES string of the molecule is CN(C(=O)C(=O)N1CCOCC1)C12CCC(CC1)Cn1c2nc(C(=O)CCc2ccc(F)cc2)c(O)c1=O. The lowest BCUT2D eigenvalue weighted by Gasteiger charge is -2.43. The van der Waals surface area contributed by atoms with Crippen molar-refractivity contribution in [2.45, 2.75) is 50.6 Å². The third-order valence-electron chi connectivity index (χ3n) is 8.18. The van der Waals surface area contributed by atoms with Crippen LogP contribution in [0.5, 0.6) is 5.75 Å². The van der Waals surface area contributed by atoms with E-state index in [0.717, 1.165) is 5.56 Å². The van der Waals surface area contributed by atoms with E-state index in [9.17, 15) is 28.7 Å². The van der Waals surface area contributed by atoms with Crippen molar-refractivity contribution in [1.29, 1.82) is 0 Å². The van der Waals surface area contributed by atoms with Crippen LogP contribution in [0.4, 0.5) is 4.39 Å². The van der Waals surface area contributed by atoms with E-state index < -0.39 is 34.4 Å². The Kier molecular flexibility index (Phi) is 7.04. The van der Waals surface area contributed by atoms with Gasteiger partial charge in [-0.25, -0.2) is 9.37 Å². The highest BCUT2D eigenvalue weighted by atomic mass is 19.1. The molecule has 38 heavy (non-hydrogen) atoms. The summed E-state index contributed by atoms with van der Waals surface area (Å²) in [6, 6.07) is 5.74. The molecule has 0 spiro atoms. The van der Waals surface area contributed by atoms with Gasteiger partial charge >= 0.3 is 11.8 Å². The normalized spacial score (nSPS) is 22.5. The molecule has 0 radical (unpaired) electrons. The Morgan fingerprint density at radius 2 is 1.82 bits per heavy atom. The molecule has 10 nitrogen and oxygen atoms in total. The number of benzene rings is 1. The zero-order valence-corrected chi connectivity index (χ0v) is 21.3. The lowest BCUT2D eigenvalue weighted by atomic mass is 9.76. The smallest absolute Gasteiger partial charge is 0.312 e. The molecule has 2 amide bonds. The summed E-state index contributed by atoms with van der Waals surface area (Å²) in [6.45, 7) is 1.68. The number of halogens is 1. The van der Waals surface area contributed by atoms with E-state index in [0.29, 0.717) is 58.5 Å². The van der Waals surface area contributed by atoms with Gasteiger partial charge in [-0.1, -0.05) is 12.1 Å². The van der Waals surface area contributed by atoms with Gasteiger partial charge in [-0.2, -0.15) is 0 Å². The number of Topliss-reactive ketones (excluding diaryl/α,β-unsaturated/α-hetero) is 1. The van der Waals surface area contributed by atoms with Crippen LogP contribution in [0.1, 0.15) is 54.0 Å². The van der Waals surface area contributed by atoms with Crippen molar-refractivity contribution in [2.24, 2.45) is 5.92 Å². The number of hydrogen-bond donors (Lipinski definition) is 1. The van der Waals surface area contributed by atoms with Crippen LogP contribution in [0.2, 0.25) is 0 Å². The Balaban J connectivity index is 1.49. The van der Waals surface area contributed by atoms with Gasteiger partial charge in [-0.05, 0) is 55.7 Å². The molecule has 2 fully saturated rings. The number of aromatic nitrogens is 2. The van der Waals surface area contributed by atoms with E-state index in [1.165, 1.54) is 26.5 Å². The summed E-state index contributed by atoms with van der Waals surface area (Å²) >= 11 is 0. The molecule has 2 aromatic rings. The largest absolute Gasteiger partial charge is 0.501 e. The van der Waals surface area contributed by atoms with E-state index >= 15 is 0 Å². The molecule has 202 valence electrons. The van der Waals surface area contributed by atoms with Crippen molar-refractivity contribution in [3.05, 3.63) is 57.5 Å². The van der Waals surface area contributed by atoms with Crippen molar-refractivity contribution >= 4 is 17.6 Å². The van der Waals surface area contributed by atoms with Crippen LogP contribution in [0.25, 0.3) is 0 Å². The first kappa shape index (κ1) is 26.0. The number of ether oxygens (including phenoxy) is 1. The van der Waals surface area contributed by atoms with Gasteiger partial charge in [0.1, 0.15) is 17.2 Å². The molecule has 1 aromatic carbocycles. The van der Waals surface area contributed by atoms with E-state index in [2.05, 4.69) is 4.98 Å². The Bertz CT molecular complexity index is 1310. The van der Waals surface area contributed by atoms with Crippen LogP contribution in [0.3, 0.4) is 0 Å². The van der Waals surface area contributed by atoms with Crippen molar-refractivity contribution < 1.29 is 28.6 Å². The molecule has 6 rings (SSSR count). The van der Waals surface area contributed by atoms with E-state index in [1.807, 2.05) is 0 Å². The minimum absolute atomic E-state index is 0.0466. The number of hydrogen-bond acceptors (Lipinski definition) is 7. The van der Waals surface area contributed by atoms with Crippen LogP contribution in [-0.2, 0) is 32.8 Å². The minimum Gasteiger partial charge on any atom is -0.501 e. The molecular weight excluding hydrogens is 495 g/mol. The van der Waals surface area contributed by atoms with Crippen LogP contribution < -0.4 is 5.56 Å². The number of likely N-dealkylation sites (N-methyl/N-ethyl adjacent to an activating group) is 1. The van der Waals surface area contributed by atoms with Gasteiger partial charge < -0.3 is 19.6 Å². The first-order chi connectivity index (χ1) is 18.2. The average Bonchev–Trinajstić information content (AvgIpc) is 3.21. The predicted molar refractivity (Wildman–Crippen MR) is 133 cm³/mol. The highest BCUT2D eigenvalue weighted by Gasteiger charge is 2.50. The van der Waals surface area contributed by atoms with Gasteiger partial charge in [0.05, 0.1) is 13.2 Å². The van der Waals surface area contributed by atoms with Gasteiger partial charge in [-0.15, -0.1) is 0 Å². The monoisotopic (exact) mass is 526 g/mol. The standard InChI is InChI=1S/C27H31FN4O6/c1-30(24(36)25(37)31-12-14-38-15-13-31)27-10-8-18(9-11-27)16-32-23(35)22(34)21(29-26(27)32)20(33)7-4-17-2-5-19(28)6-3-17/h2-3,5-6,18,34H,4,7-16H2,1H3. The maximum absolute atomic E-state index is 13.4. The molecule has 3 aliphatic heterocycles. The molecule has 1 aromatic heterocycles. The summed E-state index contributed by atoms with van der Waals surface area (Å²) in [5, 5.41) is 10.7. The van der Waals surface area contributed by atoms with E-state index in [1.54, 1.807) is 19.2 Å². The number of rotatable bonds is 5. The zero-order valence-electron chi connectivity index (χ0n) is 21.3. The molecule has 0 unspecified atom stereocenters. The molecule has 2 bridgehead atoms. The Hall–Kier alpha value is -3.60. The second-order valence-corrected chi connectivity index (χ2v) is 10.3. The van der Waals surface area contributed by atoms with Crippen molar-refractivity contribution in [1.82, 2.24) is 19.4 Å². The molecular formula is C27H31FN4O6. The average molecular weight is 527 g/mol. The first-order valence-electron chi connectivity index (χ1n) is 13.0. The number of carbonyl (C=O) groups excluding carboxylic acids is 3. The molecule has 11 heteroatoms. The van der Waals surface area contributed by atoms with Gasteiger partial charge in [0.15, 0.2) is 11.5 Å².